The lowest BCUT2D eigenvalue weighted by Gasteiger charge is -2.16. The average molecular weight is 174 g/mol. The summed E-state index contributed by atoms with van der Waals surface area (Å²) in [7, 11) is 0. The molecule has 0 spiro atoms. The summed E-state index contributed by atoms with van der Waals surface area (Å²) in [6.45, 7) is 0. The van der Waals surface area contributed by atoms with Crippen molar-refractivity contribution in [3.05, 3.63) is 12.2 Å². The van der Waals surface area contributed by atoms with Gasteiger partial charge in [-0.15, -0.1) is 0 Å². The third-order valence-electron chi connectivity index (χ3n) is 1.25. The van der Waals surface area contributed by atoms with Crippen LogP contribution in [0.25, 0.3) is 0 Å². The van der Waals surface area contributed by atoms with Gasteiger partial charge >= 0.3 is 0 Å². The molecule has 0 aromatic carbocycles. The standard InChI is InChI=1S/C7H10OS2/c8-3-1-2-7-6-9-4-5-10-7/h1-3,7H,4-6H2. The minimum atomic E-state index is 0.573. The van der Waals surface area contributed by atoms with E-state index < -0.39 is 0 Å². The van der Waals surface area contributed by atoms with Crippen LogP contribution in [0, 0.1) is 0 Å². The van der Waals surface area contributed by atoms with E-state index in [1.54, 1.807) is 6.08 Å². The number of hydrogen-bond acceptors (Lipinski definition) is 3. The summed E-state index contributed by atoms with van der Waals surface area (Å²) < 4.78 is 0. The Morgan fingerprint density at radius 3 is 2.90 bits per heavy atom. The van der Waals surface area contributed by atoms with Gasteiger partial charge in [0.1, 0.15) is 6.29 Å². The van der Waals surface area contributed by atoms with Gasteiger partial charge in [0.15, 0.2) is 0 Å². The van der Waals surface area contributed by atoms with Crippen molar-refractivity contribution >= 4 is 29.8 Å². The van der Waals surface area contributed by atoms with Crippen molar-refractivity contribution in [1.29, 1.82) is 0 Å². The Morgan fingerprint density at radius 2 is 2.30 bits per heavy atom. The van der Waals surface area contributed by atoms with Gasteiger partial charge in [-0.3, -0.25) is 4.79 Å². The Kier molecular flexibility index (Phi) is 3.98. The largest absolute Gasteiger partial charge is 0.299 e. The molecule has 1 unspecified atom stereocenters. The van der Waals surface area contributed by atoms with Crippen molar-refractivity contribution in [2.24, 2.45) is 0 Å². The van der Waals surface area contributed by atoms with Crippen molar-refractivity contribution in [2.45, 2.75) is 5.25 Å². The van der Waals surface area contributed by atoms with E-state index in [0.29, 0.717) is 5.25 Å². The number of carbonyl (C=O) groups excluding carboxylic acids is 1. The Morgan fingerprint density at radius 1 is 1.40 bits per heavy atom. The summed E-state index contributed by atoms with van der Waals surface area (Å²) in [6, 6.07) is 0. The molecule has 0 radical (unpaired) electrons. The molecule has 0 amide bonds. The molecule has 0 aliphatic carbocycles. The van der Waals surface area contributed by atoms with Gasteiger partial charge in [0.05, 0.1) is 0 Å². The van der Waals surface area contributed by atoms with Crippen LogP contribution in [0.2, 0.25) is 0 Å². The molecule has 0 bridgehead atoms. The normalized spacial score (nSPS) is 27.0. The molecule has 1 nitrogen and oxygen atoms in total. The first kappa shape index (κ1) is 8.21. The van der Waals surface area contributed by atoms with Crippen LogP contribution in [0.1, 0.15) is 0 Å². The molecule has 0 saturated carbocycles. The Balaban J connectivity index is 2.25. The maximum Gasteiger partial charge on any atom is 0.142 e. The third-order valence-corrected chi connectivity index (χ3v) is 3.99. The average Bonchev–Trinajstić information content (AvgIpc) is 2.03. The van der Waals surface area contributed by atoms with E-state index in [1.807, 2.05) is 29.6 Å². The molecule has 1 heterocycles. The fraction of sp³-hybridized carbons (Fsp3) is 0.571. The summed E-state index contributed by atoms with van der Waals surface area (Å²) in [5, 5.41) is 0.573. The smallest absolute Gasteiger partial charge is 0.142 e. The molecule has 1 aliphatic rings. The fourth-order valence-electron chi connectivity index (χ4n) is 0.786. The van der Waals surface area contributed by atoms with Gasteiger partial charge in [-0.25, -0.2) is 0 Å². The van der Waals surface area contributed by atoms with Crippen molar-refractivity contribution in [2.75, 3.05) is 17.3 Å². The van der Waals surface area contributed by atoms with Gasteiger partial charge in [0.2, 0.25) is 0 Å². The zero-order valence-electron chi connectivity index (χ0n) is 5.66. The number of rotatable bonds is 2. The number of carbonyl (C=O) groups is 1. The zero-order chi connectivity index (χ0) is 7.23. The van der Waals surface area contributed by atoms with E-state index in [4.69, 9.17) is 0 Å². The molecular weight excluding hydrogens is 164 g/mol. The molecule has 1 aliphatic heterocycles. The van der Waals surface area contributed by atoms with Gasteiger partial charge in [-0.05, 0) is 6.08 Å². The van der Waals surface area contributed by atoms with E-state index >= 15 is 0 Å². The van der Waals surface area contributed by atoms with E-state index in [9.17, 15) is 4.79 Å². The highest BCUT2D eigenvalue weighted by Crippen LogP contribution is 2.24. The van der Waals surface area contributed by atoms with E-state index in [0.717, 1.165) is 12.0 Å². The monoisotopic (exact) mass is 174 g/mol. The van der Waals surface area contributed by atoms with Gasteiger partial charge in [0, 0.05) is 22.5 Å². The van der Waals surface area contributed by atoms with Crippen LogP contribution in [0.15, 0.2) is 12.2 Å². The van der Waals surface area contributed by atoms with Crippen molar-refractivity contribution in [1.82, 2.24) is 0 Å². The Hall–Kier alpha value is 0.110. The van der Waals surface area contributed by atoms with Crippen LogP contribution in [-0.2, 0) is 4.79 Å². The first-order chi connectivity index (χ1) is 4.93. The number of allylic oxidation sites excluding steroid dienone is 1. The highest BCUT2D eigenvalue weighted by Gasteiger charge is 2.09. The summed E-state index contributed by atoms with van der Waals surface area (Å²) in [4.78, 5) is 9.94. The molecule has 1 rings (SSSR count). The third kappa shape index (κ3) is 2.80. The molecule has 1 saturated heterocycles. The van der Waals surface area contributed by atoms with Crippen LogP contribution in [0.3, 0.4) is 0 Å². The minimum Gasteiger partial charge on any atom is -0.299 e. The van der Waals surface area contributed by atoms with E-state index in [1.165, 1.54) is 11.5 Å². The topological polar surface area (TPSA) is 17.1 Å². The predicted octanol–water partition coefficient (Wildman–Crippen LogP) is 1.59. The van der Waals surface area contributed by atoms with Gasteiger partial charge in [-0.2, -0.15) is 23.5 Å². The second kappa shape index (κ2) is 4.85. The highest BCUT2D eigenvalue weighted by atomic mass is 32.2. The van der Waals surface area contributed by atoms with E-state index in [2.05, 4.69) is 0 Å². The second-order valence-electron chi connectivity index (χ2n) is 2.01. The summed E-state index contributed by atoms with van der Waals surface area (Å²) in [5.74, 6) is 3.64. The lowest BCUT2D eigenvalue weighted by molar-refractivity contribution is -0.104. The summed E-state index contributed by atoms with van der Waals surface area (Å²) in [5.41, 5.74) is 0. The zero-order valence-corrected chi connectivity index (χ0v) is 7.29. The summed E-state index contributed by atoms with van der Waals surface area (Å²) >= 11 is 3.90. The molecule has 0 N–H and O–H groups in total. The Labute approximate surface area is 69.6 Å². The highest BCUT2D eigenvalue weighted by molar-refractivity contribution is 8.06. The second-order valence-corrected chi connectivity index (χ2v) is 4.50. The molecular formula is C7H10OS2. The van der Waals surface area contributed by atoms with Crippen molar-refractivity contribution in [3.63, 3.8) is 0 Å². The molecule has 56 valence electrons. The van der Waals surface area contributed by atoms with Gasteiger partial charge in [0.25, 0.3) is 0 Å². The Bertz CT molecular complexity index is 128. The SMILES string of the molecule is O=CC=CC1CSCCS1. The molecule has 10 heavy (non-hydrogen) atoms. The van der Waals surface area contributed by atoms with Crippen LogP contribution in [-0.4, -0.2) is 28.8 Å². The van der Waals surface area contributed by atoms with Crippen LogP contribution >= 0.6 is 23.5 Å². The molecule has 3 heteroatoms. The number of aldehydes is 1. The van der Waals surface area contributed by atoms with Gasteiger partial charge < -0.3 is 0 Å². The molecule has 0 aromatic rings. The molecule has 1 fully saturated rings. The molecule has 1 atom stereocenters. The number of hydrogen-bond donors (Lipinski definition) is 0. The van der Waals surface area contributed by atoms with Crippen LogP contribution in [0.4, 0.5) is 0 Å². The van der Waals surface area contributed by atoms with Crippen LogP contribution < -0.4 is 0 Å². The summed E-state index contributed by atoms with van der Waals surface area (Å²) in [6.07, 6.45) is 4.44. The lowest BCUT2D eigenvalue weighted by atomic mass is 10.4. The fourth-order valence-corrected chi connectivity index (χ4v) is 3.33. The molecule has 0 aromatic heterocycles. The first-order valence-corrected chi connectivity index (χ1v) is 5.45. The van der Waals surface area contributed by atoms with Crippen molar-refractivity contribution in [3.8, 4) is 0 Å². The maximum absolute atomic E-state index is 9.94. The van der Waals surface area contributed by atoms with Crippen molar-refractivity contribution < 1.29 is 4.79 Å². The lowest BCUT2D eigenvalue weighted by Crippen LogP contribution is -2.10. The first-order valence-electron chi connectivity index (χ1n) is 3.25. The van der Waals surface area contributed by atoms with Gasteiger partial charge in [-0.1, -0.05) is 6.08 Å². The predicted molar refractivity (Wildman–Crippen MR) is 48.8 cm³/mol. The van der Waals surface area contributed by atoms with E-state index in [-0.39, 0.29) is 0 Å². The minimum absolute atomic E-state index is 0.573. The maximum atomic E-state index is 9.94. The quantitative estimate of drug-likeness (QED) is 0.467. The van der Waals surface area contributed by atoms with Crippen LogP contribution in [0.5, 0.6) is 0 Å². The number of thioether (sulfide) groups is 2.